The standard InChI is InChI=1S/C19H20N2O4/c1-12(17-10-13-6-4-5-7-15(13)25-17)20-19(22)21-14-8-9-16(23-2)18(11-14)24-3/h4-12H,1-3H3,(H2,20,21,22). The molecule has 3 rings (SSSR count). The van der Waals surface area contributed by atoms with Crippen LogP contribution in [-0.2, 0) is 0 Å². The second-order valence-electron chi connectivity index (χ2n) is 5.58. The van der Waals surface area contributed by atoms with E-state index in [0.29, 0.717) is 22.9 Å². The number of amides is 2. The highest BCUT2D eigenvalue weighted by atomic mass is 16.5. The van der Waals surface area contributed by atoms with Gasteiger partial charge in [0.05, 0.1) is 20.3 Å². The summed E-state index contributed by atoms with van der Waals surface area (Å²) in [6.07, 6.45) is 0. The van der Waals surface area contributed by atoms with Gasteiger partial charge in [-0.1, -0.05) is 18.2 Å². The number of hydrogen-bond acceptors (Lipinski definition) is 4. The minimum atomic E-state index is -0.333. The molecule has 0 radical (unpaired) electrons. The number of nitrogens with one attached hydrogen (secondary N) is 2. The Morgan fingerprint density at radius 1 is 1.04 bits per heavy atom. The predicted octanol–water partition coefficient (Wildman–Crippen LogP) is 4.33. The van der Waals surface area contributed by atoms with E-state index < -0.39 is 0 Å². The quantitative estimate of drug-likeness (QED) is 0.725. The maximum Gasteiger partial charge on any atom is 0.319 e. The molecule has 2 amide bonds. The number of hydrogen-bond donors (Lipinski definition) is 2. The van der Waals surface area contributed by atoms with Gasteiger partial charge in [0.15, 0.2) is 11.5 Å². The lowest BCUT2D eigenvalue weighted by atomic mass is 10.2. The molecule has 1 aromatic heterocycles. The van der Waals surface area contributed by atoms with Crippen LogP contribution in [0.2, 0.25) is 0 Å². The Morgan fingerprint density at radius 2 is 1.80 bits per heavy atom. The number of urea groups is 1. The molecule has 6 nitrogen and oxygen atoms in total. The molecule has 0 bridgehead atoms. The fourth-order valence-corrected chi connectivity index (χ4v) is 2.56. The number of rotatable bonds is 5. The van der Waals surface area contributed by atoms with Gasteiger partial charge in [-0.05, 0) is 31.2 Å². The van der Waals surface area contributed by atoms with Crippen LogP contribution >= 0.6 is 0 Å². The molecule has 1 heterocycles. The normalized spacial score (nSPS) is 11.8. The van der Waals surface area contributed by atoms with Gasteiger partial charge < -0.3 is 24.5 Å². The average Bonchev–Trinajstić information content (AvgIpc) is 3.05. The number of para-hydroxylation sites is 1. The Hall–Kier alpha value is -3.15. The second kappa shape index (κ2) is 7.17. The Labute approximate surface area is 145 Å². The number of furan rings is 1. The zero-order valence-corrected chi connectivity index (χ0v) is 14.3. The van der Waals surface area contributed by atoms with Crippen LogP contribution in [-0.4, -0.2) is 20.3 Å². The summed E-state index contributed by atoms with van der Waals surface area (Å²) in [5, 5.41) is 6.64. The number of anilines is 1. The molecule has 1 atom stereocenters. The topological polar surface area (TPSA) is 72.7 Å². The van der Waals surface area contributed by atoms with Crippen LogP contribution in [0.15, 0.2) is 52.9 Å². The van der Waals surface area contributed by atoms with Crippen molar-refractivity contribution < 1.29 is 18.7 Å². The molecule has 0 spiro atoms. The molecule has 2 aromatic carbocycles. The van der Waals surface area contributed by atoms with Crippen LogP contribution in [0.3, 0.4) is 0 Å². The van der Waals surface area contributed by atoms with Crippen molar-refractivity contribution in [2.75, 3.05) is 19.5 Å². The van der Waals surface area contributed by atoms with Crippen molar-refractivity contribution >= 4 is 22.7 Å². The van der Waals surface area contributed by atoms with Crippen molar-refractivity contribution in [2.45, 2.75) is 13.0 Å². The number of fused-ring (bicyclic) bond motifs is 1. The molecule has 0 saturated heterocycles. The van der Waals surface area contributed by atoms with Gasteiger partial charge in [-0.25, -0.2) is 4.79 Å². The average molecular weight is 340 g/mol. The van der Waals surface area contributed by atoms with Crippen LogP contribution in [0, 0.1) is 0 Å². The molecule has 130 valence electrons. The van der Waals surface area contributed by atoms with E-state index in [1.165, 1.54) is 0 Å². The van der Waals surface area contributed by atoms with E-state index >= 15 is 0 Å². The van der Waals surface area contributed by atoms with Crippen LogP contribution in [0.25, 0.3) is 11.0 Å². The first-order chi connectivity index (χ1) is 12.1. The van der Waals surface area contributed by atoms with Crippen LogP contribution in [0.1, 0.15) is 18.7 Å². The predicted molar refractivity (Wildman–Crippen MR) is 96.3 cm³/mol. The minimum absolute atomic E-state index is 0.271. The molecule has 25 heavy (non-hydrogen) atoms. The van der Waals surface area contributed by atoms with Gasteiger partial charge in [-0.3, -0.25) is 0 Å². The minimum Gasteiger partial charge on any atom is -0.493 e. The van der Waals surface area contributed by atoms with Crippen molar-refractivity contribution in [3.05, 3.63) is 54.3 Å². The van der Waals surface area contributed by atoms with Gasteiger partial charge >= 0.3 is 6.03 Å². The molecule has 0 aliphatic heterocycles. The van der Waals surface area contributed by atoms with Gasteiger partial charge in [0.1, 0.15) is 11.3 Å². The van der Waals surface area contributed by atoms with E-state index in [-0.39, 0.29) is 12.1 Å². The van der Waals surface area contributed by atoms with E-state index in [4.69, 9.17) is 13.9 Å². The maximum absolute atomic E-state index is 12.2. The van der Waals surface area contributed by atoms with E-state index in [1.807, 2.05) is 37.3 Å². The van der Waals surface area contributed by atoms with Gasteiger partial charge in [0, 0.05) is 17.1 Å². The van der Waals surface area contributed by atoms with Crippen molar-refractivity contribution in [1.29, 1.82) is 0 Å². The molecule has 1 unspecified atom stereocenters. The monoisotopic (exact) mass is 340 g/mol. The highest BCUT2D eigenvalue weighted by Crippen LogP contribution is 2.30. The van der Waals surface area contributed by atoms with E-state index in [2.05, 4.69) is 10.6 Å². The summed E-state index contributed by atoms with van der Waals surface area (Å²) in [6.45, 7) is 1.87. The van der Waals surface area contributed by atoms with Gasteiger partial charge in [0.2, 0.25) is 0 Å². The van der Waals surface area contributed by atoms with Gasteiger partial charge in [0.25, 0.3) is 0 Å². The molecule has 2 N–H and O–H groups in total. The second-order valence-corrected chi connectivity index (χ2v) is 5.58. The van der Waals surface area contributed by atoms with E-state index in [1.54, 1.807) is 32.4 Å². The first kappa shape index (κ1) is 16.7. The van der Waals surface area contributed by atoms with Crippen molar-refractivity contribution in [3.8, 4) is 11.5 Å². The third kappa shape index (κ3) is 3.68. The fourth-order valence-electron chi connectivity index (χ4n) is 2.56. The summed E-state index contributed by atoms with van der Waals surface area (Å²) in [5.41, 5.74) is 1.40. The van der Waals surface area contributed by atoms with E-state index in [9.17, 15) is 4.79 Å². The number of carbonyl (C=O) groups excluding carboxylic acids is 1. The van der Waals surface area contributed by atoms with Crippen LogP contribution in [0.5, 0.6) is 11.5 Å². The lowest BCUT2D eigenvalue weighted by Gasteiger charge is -2.14. The molecular formula is C19H20N2O4. The highest BCUT2D eigenvalue weighted by Gasteiger charge is 2.15. The highest BCUT2D eigenvalue weighted by molar-refractivity contribution is 5.90. The molecule has 3 aromatic rings. The SMILES string of the molecule is COc1ccc(NC(=O)NC(C)c2cc3ccccc3o2)cc1OC. The van der Waals surface area contributed by atoms with Crippen molar-refractivity contribution in [1.82, 2.24) is 5.32 Å². The zero-order valence-electron chi connectivity index (χ0n) is 14.3. The molecule has 0 saturated carbocycles. The zero-order chi connectivity index (χ0) is 17.8. The first-order valence-corrected chi connectivity index (χ1v) is 7.88. The third-order valence-electron chi connectivity index (χ3n) is 3.86. The number of benzene rings is 2. The Morgan fingerprint density at radius 3 is 2.52 bits per heavy atom. The summed E-state index contributed by atoms with van der Waals surface area (Å²) >= 11 is 0. The molecule has 0 fully saturated rings. The molecule has 0 aliphatic carbocycles. The summed E-state index contributed by atoms with van der Waals surface area (Å²) < 4.78 is 16.2. The Bertz CT molecular complexity index is 855. The van der Waals surface area contributed by atoms with Crippen LogP contribution in [0.4, 0.5) is 10.5 Å². The van der Waals surface area contributed by atoms with Crippen molar-refractivity contribution in [3.63, 3.8) is 0 Å². The number of methoxy groups -OCH3 is 2. The summed E-state index contributed by atoms with van der Waals surface area (Å²) in [4.78, 5) is 12.2. The maximum atomic E-state index is 12.2. The molecular weight excluding hydrogens is 320 g/mol. The smallest absolute Gasteiger partial charge is 0.319 e. The number of carbonyl (C=O) groups is 1. The van der Waals surface area contributed by atoms with E-state index in [0.717, 1.165) is 11.0 Å². The summed E-state index contributed by atoms with van der Waals surface area (Å²) in [5.74, 6) is 1.85. The molecule has 6 heteroatoms. The van der Waals surface area contributed by atoms with Crippen LogP contribution < -0.4 is 20.1 Å². The largest absolute Gasteiger partial charge is 0.493 e. The fraction of sp³-hybridized carbons (Fsp3) is 0.211. The Balaban J connectivity index is 1.67. The lowest BCUT2D eigenvalue weighted by Crippen LogP contribution is -2.30. The third-order valence-corrected chi connectivity index (χ3v) is 3.86. The number of ether oxygens (including phenoxy) is 2. The lowest BCUT2D eigenvalue weighted by molar-refractivity contribution is 0.248. The van der Waals surface area contributed by atoms with Crippen molar-refractivity contribution in [2.24, 2.45) is 0 Å². The first-order valence-electron chi connectivity index (χ1n) is 7.88. The Kier molecular flexibility index (Phi) is 4.79. The van der Waals surface area contributed by atoms with Gasteiger partial charge in [-0.2, -0.15) is 0 Å². The van der Waals surface area contributed by atoms with Gasteiger partial charge in [-0.15, -0.1) is 0 Å². The summed E-state index contributed by atoms with van der Waals surface area (Å²) in [7, 11) is 3.11. The molecule has 0 aliphatic rings. The summed E-state index contributed by atoms with van der Waals surface area (Å²) in [6, 6.07) is 14.2.